The Kier molecular flexibility index (Phi) is 2.07. The lowest BCUT2D eigenvalue weighted by molar-refractivity contribution is -0.139. The maximum absolute atomic E-state index is 11.0. The van der Waals surface area contributed by atoms with Gasteiger partial charge >= 0.3 is 5.97 Å². The van der Waals surface area contributed by atoms with Crippen LogP contribution in [0.15, 0.2) is 6.20 Å². The van der Waals surface area contributed by atoms with Crippen LogP contribution in [0.1, 0.15) is 22.9 Å². The number of hydrogen-bond acceptors (Lipinski definition) is 2. The molecule has 76 valence electrons. The van der Waals surface area contributed by atoms with Crippen molar-refractivity contribution in [1.29, 1.82) is 0 Å². The molecule has 0 saturated heterocycles. The summed E-state index contributed by atoms with van der Waals surface area (Å²) in [5.41, 5.74) is 3.15. The number of fused-ring (bicyclic) bond motifs is 1. The summed E-state index contributed by atoms with van der Waals surface area (Å²) in [6.07, 6.45) is 2.95. The van der Waals surface area contributed by atoms with Crippen LogP contribution >= 0.6 is 0 Å². The zero-order valence-electron chi connectivity index (χ0n) is 8.37. The number of nitrogens with one attached hydrogen (secondary N) is 1. The van der Waals surface area contributed by atoms with E-state index in [4.69, 9.17) is 5.11 Å². The minimum absolute atomic E-state index is 0.528. The largest absolute Gasteiger partial charge is 0.480 e. The molecule has 1 aliphatic heterocycles. The molecule has 0 spiro atoms. The molecule has 0 bridgehead atoms. The number of aryl methyl sites for hydroxylation is 1. The van der Waals surface area contributed by atoms with Crippen LogP contribution in [0.3, 0.4) is 0 Å². The molecule has 2 heterocycles. The first-order chi connectivity index (χ1) is 6.61. The Balaban J connectivity index is 2.52. The Morgan fingerprint density at radius 3 is 3.07 bits per heavy atom. The molecular formula is C10H14N2O2. The minimum Gasteiger partial charge on any atom is -0.480 e. The van der Waals surface area contributed by atoms with Gasteiger partial charge in [-0.05, 0) is 18.9 Å². The molecule has 0 saturated carbocycles. The Hall–Kier alpha value is -1.29. The van der Waals surface area contributed by atoms with Gasteiger partial charge in [0.1, 0.15) is 6.04 Å². The summed E-state index contributed by atoms with van der Waals surface area (Å²) in [7, 11) is 1.95. The normalized spacial score (nSPS) is 20.6. The van der Waals surface area contributed by atoms with Crippen molar-refractivity contribution in [2.75, 3.05) is 6.54 Å². The average molecular weight is 194 g/mol. The van der Waals surface area contributed by atoms with Gasteiger partial charge in [0.15, 0.2) is 0 Å². The standard InChI is InChI=1S/C10H14N2O2/c1-6-8-7(5-12(6)2)3-4-11-9(8)10(13)14/h5,9,11H,3-4H2,1-2H3,(H,13,14). The number of carbonyl (C=O) groups is 1. The van der Waals surface area contributed by atoms with E-state index in [1.807, 2.05) is 24.7 Å². The first-order valence-corrected chi connectivity index (χ1v) is 4.72. The Morgan fingerprint density at radius 2 is 2.43 bits per heavy atom. The molecule has 14 heavy (non-hydrogen) atoms. The van der Waals surface area contributed by atoms with Crippen LogP contribution in [-0.2, 0) is 18.3 Å². The Bertz CT molecular complexity index is 382. The van der Waals surface area contributed by atoms with Gasteiger partial charge in [0, 0.05) is 31.0 Å². The molecule has 1 aromatic heterocycles. The van der Waals surface area contributed by atoms with E-state index in [1.54, 1.807) is 0 Å². The lowest BCUT2D eigenvalue weighted by Gasteiger charge is -2.21. The van der Waals surface area contributed by atoms with Crippen molar-refractivity contribution in [1.82, 2.24) is 9.88 Å². The third kappa shape index (κ3) is 1.23. The summed E-state index contributed by atoms with van der Waals surface area (Å²) >= 11 is 0. The third-order valence-electron chi connectivity index (χ3n) is 2.89. The molecule has 0 fully saturated rings. The van der Waals surface area contributed by atoms with E-state index in [2.05, 4.69) is 5.32 Å². The molecule has 2 rings (SSSR count). The highest BCUT2D eigenvalue weighted by Gasteiger charge is 2.28. The summed E-state index contributed by atoms with van der Waals surface area (Å²) in [5, 5.41) is 12.1. The Labute approximate surface area is 82.5 Å². The van der Waals surface area contributed by atoms with Crippen molar-refractivity contribution < 1.29 is 9.90 Å². The third-order valence-corrected chi connectivity index (χ3v) is 2.89. The van der Waals surface area contributed by atoms with Crippen LogP contribution in [0.4, 0.5) is 0 Å². The van der Waals surface area contributed by atoms with Crippen molar-refractivity contribution in [3.63, 3.8) is 0 Å². The highest BCUT2D eigenvalue weighted by atomic mass is 16.4. The van der Waals surface area contributed by atoms with Crippen molar-refractivity contribution in [3.05, 3.63) is 23.0 Å². The van der Waals surface area contributed by atoms with Crippen molar-refractivity contribution in [3.8, 4) is 0 Å². The van der Waals surface area contributed by atoms with E-state index in [-0.39, 0.29) is 0 Å². The van der Waals surface area contributed by atoms with Gasteiger partial charge in [-0.15, -0.1) is 0 Å². The highest BCUT2D eigenvalue weighted by molar-refractivity contribution is 5.77. The van der Waals surface area contributed by atoms with Gasteiger partial charge in [0.05, 0.1) is 0 Å². The smallest absolute Gasteiger partial charge is 0.325 e. The van der Waals surface area contributed by atoms with Crippen LogP contribution in [0.2, 0.25) is 0 Å². The fraction of sp³-hybridized carbons (Fsp3) is 0.500. The number of aromatic nitrogens is 1. The van der Waals surface area contributed by atoms with Gasteiger partial charge < -0.3 is 15.0 Å². The summed E-state index contributed by atoms with van der Waals surface area (Å²) in [6, 6.07) is -0.528. The molecule has 4 nitrogen and oxygen atoms in total. The summed E-state index contributed by atoms with van der Waals surface area (Å²) < 4.78 is 1.99. The van der Waals surface area contributed by atoms with E-state index in [0.29, 0.717) is 0 Å². The van der Waals surface area contributed by atoms with Crippen LogP contribution in [-0.4, -0.2) is 22.2 Å². The quantitative estimate of drug-likeness (QED) is 0.688. The maximum Gasteiger partial charge on any atom is 0.325 e. The monoisotopic (exact) mass is 194 g/mol. The molecule has 2 N–H and O–H groups in total. The molecule has 1 aliphatic rings. The van der Waals surface area contributed by atoms with E-state index >= 15 is 0 Å². The van der Waals surface area contributed by atoms with E-state index in [1.165, 1.54) is 0 Å². The number of carboxylic acids is 1. The molecule has 0 aromatic carbocycles. The minimum atomic E-state index is -0.791. The zero-order valence-corrected chi connectivity index (χ0v) is 8.37. The first-order valence-electron chi connectivity index (χ1n) is 4.72. The highest BCUT2D eigenvalue weighted by Crippen LogP contribution is 2.27. The maximum atomic E-state index is 11.0. The van der Waals surface area contributed by atoms with Gasteiger partial charge in [-0.3, -0.25) is 4.79 Å². The van der Waals surface area contributed by atoms with Gasteiger partial charge in [-0.25, -0.2) is 0 Å². The molecular weight excluding hydrogens is 180 g/mol. The van der Waals surface area contributed by atoms with Crippen molar-refractivity contribution >= 4 is 5.97 Å². The number of carboxylic acid groups (broad SMARTS) is 1. The lowest BCUT2D eigenvalue weighted by Crippen LogP contribution is -2.34. The predicted molar refractivity (Wildman–Crippen MR) is 52.2 cm³/mol. The zero-order chi connectivity index (χ0) is 10.3. The Morgan fingerprint density at radius 1 is 1.71 bits per heavy atom. The van der Waals surface area contributed by atoms with Crippen LogP contribution in [0, 0.1) is 6.92 Å². The van der Waals surface area contributed by atoms with E-state index in [0.717, 1.165) is 29.8 Å². The second-order valence-electron chi connectivity index (χ2n) is 3.74. The number of hydrogen-bond donors (Lipinski definition) is 2. The second kappa shape index (κ2) is 3.13. The number of rotatable bonds is 1. The fourth-order valence-electron chi connectivity index (χ4n) is 2.08. The van der Waals surface area contributed by atoms with Gasteiger partial charge in [-0.2, -0.15) is 0 Å². The predicted octanol–water partition coefficient (Wildman–Crippen LogP) is 0.605. The van der Waals surface area contributed by atoms with Gasteiger partial charge in [-0.1, -0.05) is 0 Å². The second-order valence-corrected chi connectivity index (χ2v) is 3.74. The van der Waals surface area contributed by atoms with Crippen LogP contribution < -0.4 is 5.32 Å². The summed E-state index contributed by atoms with van der Waals surface area (Å²) in [6.45, 7) is 2.70. The summed E-state index contributed by atoms with van der Waals surface area (Å²) in [4.78, 5) is 11.0. The fourth-order valence-corrected chi connectivity index (χ4v) is 2.08. The van der Waals surface area contributed by atoms with E-state index in [9.17, 15) is 4.79 Å². The lowest BCUT2D eigenvalue weighted by atomic mass is 9.97. The molecule has 0 radical (unpaired) electrons. The molecule has 1 unspecified atom stereocenters. The van der Waals surface area contributed by atoms with Crippen molar-refractivity contribution in [2.24, 2.45) is 7.05 Å². The molecule has 1 atom stereocenters. The van der Waals surface area contributed by atoms with Gasteiger partial charge in [0.2, 0.25) is 0 Å². The molecule has 1 aromatic rings. The van der Waals surface area contributed by atoms with Crippen molar-refractivity contribution in [2.45, 2.75) is 19.4 Å². The first kappa shape index (κ1) is 9.27. The number of nitrogens with zero attached hydrogens (tertiary/aromatic N) is 1. The van der Waals surface area contributed by atoms with E-state index < -0.39 is 12.0 Å². The molecule has 0 aliphatic carbocycles. The SMILES string of the molecule is Cc1c2c(cn1C)CCNC2C(=O)O. The molecule has 0 amide bonds. The van der Waals surface area contributed by atoms with Gasteiger partial charge in [0.25, 0.3) is 0 Å². The average Bonchev–Trinajstić information content (AvgIpc) is 2.43. The van der Waals surface area contributed by atoms with Crippen LogP contribution in [0.25, 0.3) is 0 Å². The number of aliphatic carboxylic acids is 1. The summed E-state index contributed by atoms with van der Waals surface area (Å²) in [5.74, 6) is -0.791. The molecule has 4 heteroatoms. The van der Waals surface area contributed by atoms with Crippen LogP contribution in [0.5, 0.6) is 0 Å². The topological polar surface area (TPSA) is 54.3 Å².